The quantitative estimate of drug-likeness (QED) is 0.754. The zero-order chi connectivity index (χ0) is 14.1. The van der Waals surface area contributed by atoms with Crippen LogP contribution in [0.5, 0.6) is 0 Å². The lowest BCUT2D eigenvalue weighted by Crippen LogP contribution is -2.25. The Morgan fingerprint density at radius 1 is 1.26 bits per heavy atom. The van der Waals surface area contributed by atoms with E-state index in [0.29, 0.717) is 0 Å². The average Bonchev–Trinajstić information content (AvgIpc) is 2.43. The fourth-order valence-corrected chi connectivity index (χ4v) is 3.22. The maximum absolute atomic E-state index is 11.0. The van der Waals surface area contributed by atoms with Crippen molar-refractivity contribution in [3.63, 3.8) is 0 Å². The molecule has 4 heteroatoms. The van der Waals surface area contributed by atoms with Gasteiger partial charge in [0.25, 0.3) is 0 Å². The third-order valence-corrected chi connectivity index (χ3v) is 4.41. The third-order valence-electron chi connectivity index (χ3n) is 3.15. The summed E-state index contributed by atoms with van der Waals surface area (Å²) in [7, 11) is 0. The lowest BCUT2D eigenvalue weighted by atomic mass is 10.1. The van der Waals surface area contributed by atoms with E-state index in [0.717, 1.165) is 31.0 Å². The van der Waals surface area contributed by atoms with Gasteiger partial charge in [-0.25, -0.2) is 0 Å². The highest BCUT2D eigenvalue weighted by Crippen LogP contribution is 2.31. The van der Waals surface area contributed by atoms with Gasteiger partial charge in [-0.3, -0.25) is 4.79 Å². The molecule has 1 rings (SSSR count). The zero-order valence-corrected chi connectivity index (χ0v) is 12.5. The normalized spacial score (nSPS) is 12.6. The van der Waals surface area contributed by atoms with Gasteiger partial charge < -0.3 is 10.0 Å². The molecule has 0 heterocycles. The number of carbonyl (C=O) groups is 1. The second-order valence-corrected chi connectivity index (χ2v) is 5.71. The summed E-state index contributed by atoms with van der Waals surface area (Å²) < 4.78 is 0. The number of nitrogens with zero attached hydrogens (tertiary/aromatic N) is 1. The van der Waals surface area contributed by atoms with Crippen LogP contribution in [0.4, 0.5) is 0 Å². The van der Waals surface area contributed by atoms with Gasteiger partial charge in [0.2, 0.25) is 0 Å². The highest BCUT2D eigenvalue weighted by atomic mass is 32.2. The molecule has 1 unspecified atom stereocenters. The van der Waals surface area contributed by atoms with Crippen molar-refractivity contribution in [1.29, 1.82) is 0 Å². The molecule has 0 aromatic heterocycles. The largest absolute Gasteiger partial charge is 0.481 e. The Balaban J connectivity index is 2.53. The van der Waals surface area contributed by atoms with E-state index in [1.165, 1.54) is 0 Å². The minimum absolute atomic E-state index is 0.0502. The highest BCUT2D eigenvalue weighted by Gasteiger charge is 2.16. The predicted molar refractivity (Wildman–Crippen MR) is 81.7 cm³/mol. The van der Waals surface area contributed by atoms with Gasteiger partial charge in [-0.05, 0) is 18.7 Å². The van der Waals surface area contributed by atoms with E-state index in [1.54, 1.807) is 11.8 Å². The Hall–Kier alpha value is -1.00. The first-order chi connectivity index (χ1) is 9.17. The summed E-state index contributed by atoms with van der Waals surface area (Å²) in [5.41, 5.74) is 1.11. The van der Waals surface area contributed by atoms with Crippen LogP contribution in [0.1, 0.15) is 31.1 Å². The predicted octanol–water partition coefficient (Wildman–Crippen LogP) is 3.28. The standard InChI is InChI=1S/C15H23NO2S/c1-3-16(4-2)10-11-19-14(12-15(17)18)13-8-6-5-7-9-13/h5-9,14H,3-4,10-12H2,1-2H3,(H,17,18). The summed E-state index contributed by atoms with van der Waals surface area (Å²) in [6, 6.07) is 9.92. The Morgan fingerprint density at radius 2 is 1.89 bits per heavy atom. The molecule has 1 N–H and O–H groups in total. The van der Waals surface area contributed by atoms with E-state index in [9.17, 15) is 4.79 Å². The fourth-order valence-electron chi connectivity index (χ4n) is 1.96. The van der Waals surface area contributed by atoms with E-state index in [2.05, 4.69) is 18.7 Å². The molecular weight excluding hydrogens is 258 g/mol. The molecule has 0 aliphatic heterocycles. The lowest BCUT2D eigenvalue weighted by Gasteiger charge is -2.20. The number of hydrogen-bond acceptors (Lipinski definition) is 3. The zero-order valence-electron chi connectivity index (χ0n) is 11.7. The first-order valence-electron chi connectivity index (χ1n) is 6.78. The summed E-state index contributed by atoms with van der Waals surface area (Å²) in [6.07, 6.45) is 0.187. The third kappa shape index (κ3) is 6.12. The maximum atomic E-state index is 11.0. The van der Waals surface area contributed by atoms with Crippen molar-refractivity contribution in [2.24, 2.45) is 0 Å². The minimum atomic E-state index is -0.732. The molecule has 0 amide bonds. The topological polar surface area (TPSA) is 40.5 Å². The SMILES string of the molecule is CCN(CC)CCSC(CC(=O)O)c1ccccc1. The molecular formula is C15H23NO2S. The van der Waals surface area contributed by atoms with Crippen molar-refractivity contribution in [3.05, 3.63) is 35.9 Å². The van der Waals surface area contributed by atoms with Gasteiger partial charge in [-0.2, -0.15) is 11.8 Å². The van der Waals surface area contributed by atoms with Gasteiger partial charge in [0.05, 0.1) is 6.42 Å². The molecule has 0 bridgehead atoms. The van der Waals surface area contributed by atoms with Crippen LogP contribution in [0.15, 0.2) is 30.3 Å². The number of hydrogen-bond donors (Lipinski definition) is 1. The van der Waals surface area contributed by atoms with Crippen molar-refractivity contribution in [2.45, 2.75) is 25.5 Å². The molecule has 0 spiro atoms. The van der Waals surface area contributed by atoms with Gasteiger partial charge in [0.15, 0.2) is 0 Å². The monoisotopic (exact) mass is 281 g/mol. The van der Waals surface area contributed by atoms with Crippen LogP contribution in [-0.4, -0.2) is 41.4 Å². The van der Waals surface area contributed by atoms with Crippen molar-refractivity contribution in [2.75, 3.05) is 25.4 Å². The average molecular weight is 281 g/mol. The molecule has 0 fully saturated rings. The van der Waals surface area contributed by atoms with Crippen molar-refractivity contribution in [1.82, 2.24) is 4.90 Å². The summed E-state index contributed by atoms with van der Waals surface area (Å²) in [4.78, 5) is 13.3. The van der Waals surface area contributed by atoms with E-state index < -0.39 is 5.97 Å². The molecule has 0 saturated carbocycles. The summed E-state index contributed by atoms with van der Waals surface area (Å²) in [5.74, 6) is 0.235. The van der Waals surface area contributed by atoms with Gasteiger partial charge in [0.1, 0.15) is 0 Å². The number of thioether (sulfide) groups is 1. The van der Waals surface area contributed by atoms with Crippen molar-refractivity contribution < 1.29 is 9.90 Å². The van der Waals surface area contributed by atoms with Gasteiger partial charge >= 0.3 is 5.97 Å². The summed E-state index contributed by atoms with van der Waals surface area (Å²) >= 11 is 1.74. The molecule has 0 aliphatic rings. The Bertz CT molecular complexity index is 366. The molecule has 1 aromatic carbocycles. The number of benzene rings is 1. The second kappa shape index (κ2) is 8.99. The minimum Gasteiger partial charge on any atom is -0.481 e. The van der Waals surface area contributed by atoms with Crippen LogP contribution >= 0.6 is 11.8 Å². The highest BCUT2D eigenvalue weighted by molar-refractivity contribution is 7.99. The summed E-state index contributed by atoms with van der Waals surface area (Å²) in [6.45, 7) is 7.42. The Kier molecular flexibility index (Phi) is 7.60. The fraction of sp³-hybridized carbons (Fsp3) is 0.533. The van der Waals surface area contributed by atoms with Gasteiger partial charge in [-0.15, -0.1) is 0 Å². The summed E-state index contributed by atoms with van der Waals surface area (Å²) in [5, 5.41) is 9.07. The van der Waals surface area contributed by atoms with Gasteiger partial charge in [-0.1, -0.05) is 44.2 Å². The smallest absolute Gasteiger partial charge is 0.304 e. The lowest BCUT2D eigenvalue weighted by molar-refractivity contribution is -0.137. The number of carboxylic acid groups (broad SMARTS) is 1. The molecule has 3 nitrogen and oxygen atoms in total. The first kappa shape index (κ1) is 16.1. The van der Waals surface area contributed by atoms with Crippen LogP contribution < -0.4 is 0 Å². The number of aliphatic carboxylic acids is 1. The van der Waals surface area contributed by atoms with Gasteiger partial charge in [0, 0.05) is 17.5 Å². The molecule has 19 heavy (non-hydrogen) atoms. The molecule has 1 atom stereocenters. The van der Waals surface area contributed by atoms with Crippen molar-refractivity contribution >= 4 is 17.7 Å². The van der Waals surface area contributed by atoms with Crippen LogP contribution in [0, 0.1) is 0 Å². The van der Waals surface area contributed by atoms with E-state index in [4.69, 9.17) is 5.11 Å². The van der Waals surface area contributed by atoms with Crippen molar-refractivity contribution in [3.8, 4) is 0 Å². The molecule has 106 valence electrons. The second-order valence-electron chi connectivity index (χ2n) is 4.39. The maximum Gasteiger partial charge on any atom is 0.304 e. The van der Waals surface area contributed by atoms with Crippen LogP contribution in [-0.2, 0) is 4.79 Å². The molecule has 0 saturated heterocycles. The van der Waals surface area contributed by atoms with Crippen LogP contribution in [0.2, 0.25) is 0 Å². The van der Waals surface area contributed by atoms with Crippen LogP contribution in [0.25, 0.3) is 0 Å². The van der Waals surface area contributed by atoms with E-state index in [-0.39, 0.29) is 11.7 Å². The molecule has 1 aromatic rings. The Morgan fingerprint density at radius 3 is 2.42 bits per heavy atom. The van der Waals surface area contributed by atoms with E-state index in [1.807, 2.05) is 30.3 Å². The van der Waals surface area contributed by atoms with E-state index >= 15 is 0 Å². The van der Waals surface area contributed by atoms with Crippen LogP contribution in [0.3, 0.4) is 0 Å². The first-order valence-corrected chi connectivity index (χ1v) is 7.82. The number of rotatable bonds is 9. The molecule has 0 radical (unpaired) electrons. The molecule has 0 aliphatic carbocycles. The Labute approximate surface area is 120 Å². The number of carboxylic acids is 1.